The van der Waals surface area contributed by atoms with Gasteiger partial charge in [0.2, 0.25) is 0 Å². The molecule has 0 saturated heterocycles. The highest BCUT2D eigenvalue weighted by Gasteiger charge is 1.95. The lowest BCUT2D eigenvalue weighted by molar-refractivity contribution is 0.469. The van der Waals surface area contributed by atoms with Crippen molar-refractivity contribution >= 4 is 38.5 Å². The minimum absolute atomic E-state index is 0. The van der Waals surface area contributed by atoms with Crippen LogP contribution in [0.25, 0.3) is 0 Å². The molecule has 0 aromatic heterocycles. The highest BCUT2D eigenvalue weighted by Crippen LogP contribution is 2.08. The Balaban J connectivity index is -0.0000000202. The van der Waals surface area contributed by atoms with Gasteiger partial charge < -0.3 is 0 Å². The Hall–Kier alpha value is 1.14. The first kappa shape index (κ1) is 84.3. The molecule has 0 rings (SSSR count). The number of unbranched alkanes of at least 4 members (excludes halogenated alkanes) is 3. The van der Waals surface area contributed by atoms with Crippen LogP contribution in [0.5, 0.6) is 0 Å². The van der Waals surface area contributed by atoms with Gasteiger partial charge in [-0.15, -0.1) is 0 Å². The van der Waals surface area contributed by atoms with Crippen LogP contribution in [0, 0.1) is 23.2 Å². The molecular formula is C39H101BrFI. The molecule has 0 unspecified atom stereocenters. The molecule has 0 saturated carbocycles. The van der Waals surface area contributed by atoms with Crippen LogP contribution in [-0.2, 0) is 0 Å². The van der Waals surface area contributed by atoms with Gasteiger partial charge in [-0.25, -0.2) is 0 Å². The van der Waals surface area contributed by atoms with Crippen LogP contribution in [0.2, 0.25) is 0 Å². The van der Waals surface area contributed by atoms with Crippen LogP contribution in [0.4, 0.5) is 4.39 Å². The Kier molecular flexibility index (Phi) is 246. The van der Waals surface area contributed by atoms with E-state index in [0.717, 1.165) is 17.8 Å². The highest BCUT2D eigenvalue weighted by atomic mass is 127. The van der Waals surface area contributed by atoms with Gasteiger partial charge in [0.15, 0.2) is 0 Å². The van der Waals surface area contributed by atoms with Gasteiger partial charge in [0.25, 0.3) is 0 Å². The number of hydrogen-bond acceptors (Lipinski definition) is 0. The summed E-state index contributed by atoms with van der Waals surface area (Å²) in [4.78, 5) is 1.97. The van der Waals surface area contributed by atoms with Gasteiger partial charge in [-0.2, -0.15) is 0 Å². The second-order valence-corrected chi connectivity index (χ2v) is 11.4. The molecule has 0 aliphatic heterocycles. The smallest absolute Gasteiger partial charge is 0.0785 e. The molecule has 0 nitrogen and oxygen atoms in total. The van der Waals surface area contributed by atoms with Crippen molar-refractivity contribution in [3.63, 3.8) is 0 Å². The quantitative estimate of drug-likeness (QED) is 0.192. The van der Waals surface area contributed by atoms with E-state index in [2.05, 4.69) is 170 Å². The lowest BCUT2D eigenvalue weighted by atomic mass is 10.0. The average Bonchev–Trinajstić information content (AvgIpc) is 2.94. The van der Waals surface area contributed by atoms with Crippen molar-refractivity contribution in [1.82, 2.24) is 0 Å². The molecule has 0 aliphatic carbocycles. The van der Waals surface area contributed by atoms with E-state index >= 15 is 0 Å². The molecule has 0 fully saturated rings. The van der Waals surface area contributed by atoms with Crippen molar-refractivity contribution < 1.29 is 4.39 Å². The maximum atomic E-state index is 9.50. The highest BCUT2D eigenvalue weighted by molar-refractivity contribution is 14.1. The fourth-order valence-electron chi connectivity index (χ4n) is 0.354. The van der Waals surface area contributed by atoms with Crippen LogP contribution < -0.4 is 0 Å². The van der Waals surface area contributed by atoms with E-state index in [0.29, 0.717) is 12.6 Å². The van der Waals surface area contributed by atoms with Gasteiger partial charge in [0.1, 0.15) is 0 Å². The van der Waals surface area contributed by atoms with Crippen molar-refractivity contribution in [1.29, 1.82) is 0 Å². The molecule has 0 aromatic rings. The van der Waals surface area contributed by atoms with Crippen molar-refractivity contribution in [3.05, 3.63) is 0 Å². The zero-order valence-electron chi connectivity index (χ0n) is 35.0. The van der Waals surface area contributed by atoms with Gasteiger partial charge in [-0.05, 0) is 33.9 Å². The molecule has 0 heterocycles. The predicted molar refractivity (Wildman–Crippen MR) is 229 cm³/mol. The summed E-state index contributed by atoms with van der Waals surface area (Å²) in [5, 5.41) is 0. The summed E-state index contributed by atoms with van der Waals surface area (Å²) >= 11 is 5.09. The first-order valence-electron chi connectivity index (χ1n) is 17.1. The Labute approximate surface area is 300 Å². The second-order valence-electron chi connectivity index (χ2n) is 11.4. The summed E-state index contributed by atoms with van der Waals surface area (Å²) < 4.78 is 9.50. The molecule has 0 aromatic carbocycles. The molecule has 0 radical (unpaired) electrons. The van der Waals surface area contributed by atoms with Gasteiger partial charge in [-0.3, -0.25) is 4.39 Å². The third-order valence-electron chi connectivity index (χ3n) is 2.84. The first-order valence-corrected chi connectivity index (χ1v) is 20.9. The van der Waals surface area contributed by atoms with Crippen molar-refractivity contribution in [2.24, 2.45) is 23.2 Å². The van der Waals surface area contributed by atoms with E-state index in [1.165, 1.54) is 51.4 Å². The molecule has 0 atom stereocenters. The second kappa shape index (κ2) is 122. The third kappa shape index (κ3) is 1000. The molecule has 0 aliphatic rings. The average molecular weight is 796 g/mol. The molecule has 0 spiro atoms. The Morgan fingerprint density at radius 2 is 0.619 bits per heavy atom. The van der Waals surface area contributed by atoms with Gasteiger partial charge in [0.05, 0.1) is 7.18 Å². The summed E-state index contributed by atoms with van der Waals surface area (Å²) in [6.07, 6.45) is 10.6. The third-order valence-corrected chi connectivity index (χ3v) is 2.84. The normalized spacial score (nSPS) is 7.43. The van der Waals surface area contributed by atoms with Gasteiger partial charge >= 0.3 is 0 Å². The topological polar surface area (TPSA) is 0 Å². The SMILES string of the molecule is C.CBr.CC.CC.CC(C)(C)C.CC(C)C.CCC.CCC(C)C.CCC(C)C.CCCC.CCCCC.CF.CI. The van der Waals surface area contributed by atoms with Crippen molar-refractivity contribution in [2.45, 2.75) is 218 Å². The summed E-state index contributed by atoms with van der Waals surface area (Å²) in [5.74, 6) is 4.41. The number of halogens is 3. The van der Waals surface area contributed by atoms with Crippen LogP contribution in [0.1, 0.15) is 218 Å². The van der Waals surface area contributed by atoms with E-state index in [1.807, 2.05) is 38.5 Å². The monoisotopic (exact) mass is 795 g/mol. The molecule has 0 N–H and O–H groups in total. The van der Waals surface area contributed by atoms with E-state index in [9.17, 15) is 4.39 Å². The zero-order chi connectivity index (χ0) is 36.9. The number of alkyl halides is 3. The van der Waals surface area contributed by atoms with Crippen molar-refractivity contribution in [3.8, 4) is 0 Å². The maximum Gasteiger partial charge on any atom is 0.0785 e. The van der Waals surface area contributed by atoms with Crippen molar-refractivity contribution in [2.75, 3.05) is 17.9 Å². The summed E-state index contributed by atoms with van der Waals surface area (Å²) in [7, 11) is 0.500. The molecule has 0 amide bonds. The zero-order valence-corrected chi connectivity index (χ0v) is 38.8. The Morgan fingerprint density at radius 1 is 0.524 bits per heavy atom. The van der Waals surface area contributed by atoms with Crippen LogP contribution in [-0.4, -0.2) is 17.9 Å². The first-order chi connectivity index (χ1) is 19.0. The lowest BCUT2D eigenvalue weighted by Crippen LogP contribution is -1.93. The Bertz CT molecular complexity index is 192. The van der Waals surface area contributed by atoms with E-state index in [4.69, 9.17) is 0 Å². The van der Waals surface area contributed by atoms with Crippen LogP contribution in [0.15, 0.2) is 0 Å². The summed E-state index contributed by atoms with van der Waals surface area (Å²) in [6, 6.07) is 0. The summed E-state index contributed by atoms with van der Waals surface area (Å²) in [5.41, 5.74) is 0.500. The number of hydrogen-bond donors (Lipinski definition) is 0. The van der Waals surface area contributed by atoms with Gasteiger partial charge in [-0.1, -0.05) is 257 Å². The molecule has 3 heteroatoms. The minimum Gasteiger partial charge on any atom is -0.255 e. The summed E-state index contributed by atoms with van der Waals surface area (Å²) in [6.45, 7) is 49.6. The fraction of sp³-hybridized carbons (Fsp3) is 1.00. The Morgan fingerprint density at radius 3 is 0.619 bits per heavy atom. The van der Waals surface area contributed by atoms with Crippen LogP contribution >= 0.6 is 38.5 Å². The lowest BCUT2D eigenvalue weighted by Gasteiger charge is -2.05. The van der Waals surface area contributed by atoms with E-state index < -0.39 is 0 Å². The number of rotatable bonds is 5. The van der Waals surface area contributed by atoms with E-state index in [-0.39, 0.29) is 7.43 Å². The maximum absolute atomic E-state index is 9.50. The van der Waals surface area contributed by atoms with Crippen LogP contribution in [0.3, 0.4) is 0 Å². The molecule has 278 valence electrons. The molecular weight excluding hydrogens is 694 g/mol. The fourth-order valence-corrected chi connectivity index (χ4v) is 0.354. The van der Waals surface area contributed by atoms with E-state index in [1.54, 1.807) is 0 Å². The van der Waals surface area contributed by atoms with Gasteiger partial charge in [0, 0.05) is 0 Å². The predicted octanol–water partition coefficient (Wildman–Crippen LogP) is 18.6. The largest absolute Gasteiger partial charge is 0.255 e. The molecule has 42 heavy (non-hydrogen) atoms. The molecule has 0 bridgehead atoms. The minimum atomic E-state index is 0. The standard InChI is InChI=1S/4C5H12.2C4H10.C3H8.2C2H6.CH3Br.CH3F.CH3I.CH4/c1-5(2,3)4;2*1-4-5(2)3;1-3-5-4-2;1-4(2)3;1-3-4-2;1-3-2;5*1-2;/h1-4H3;2*5H,4H2,1-3H3;3-5H2,1-2H3;4H,1-3H3;3-4H2,1-2H3;3H2,1-2H3;2*1-2H3;3*1H3;1H4.